The number of benzene rings is 1. The summed E-state index contributed by atoms with van der Waals surface area (Å²) in [5, 5.41) is 0. The van der Waals surface area contributed by atoms with Crippen LogP contribution in [-0.2, 0) is 0 Å². The highest BCUT2D eigenvalue weighted by Crippen LogP contribution is 2.53. The maximum atomic E-state index is 2.48. The van der Waals surface area contributed by atoms with Gasteiger partial charge in [-0.1, -0.05) is 60.7 Å². The van der Waals surface area contributed by atoms with Crippen molar-refractivity contribution in [3.05, 3.63) is 66.3 Å². The van der Waals surface area contributed by atoms with Gasteiger partial charge in [0.2, 0.25) is 0 Å². The van der Waals surface area contributed by atoms with E-state index in [1.54, 1.807) is 5.57 Å². The summed E-state index contributed by atoms with van der Waals surface area (Å²) in [5.41, 5.74) is 2.94. The van der Waals surface area contributed by atoms with Gasteiger partial charge in [0.05, 0.1) is 0 Å². The van der Waals surface area contributed by atoms with Gasteiger partial charge in [0.25, 0.3) is 0 Å². The van der Waals surface area contributed by atoms with Crippen LogP contribution in [0.15, 0.2) is 60.7 Å². The molecule has 3 aliphatic carbocycles. The van der Waals surface area contributed by atoms with Crippen LogP contribution in [0.2, 0.25) is 0 Å². The van der Waals surface area contributed by atoms with Crippen molar-refractivity contribution in [2.75, 3.05) is 0 Å². The van der Waals surface area contributed by atoms with E-state index >= 15 is 0 Å². The highest BCUT2D eigenvalue weighted by atomic mass is 14.5. The Morgan fingerprint density at radius 1 is 0.750 bits per heavy atom. The molecule has 78 valence electrons. The Hall–Kier alpha value is -1.56. The van der Waals surface area contributed by atoms with E-state index in [1.165, 1.54) is 5.56 Å². The minimum Gasteiger partial charge on any atom is -0.0807 e. The van der Waals surface area contributed by atoms with Crippen molar-refractivity contribution in [2.24, 2.45) is 23.7 Å². The molecule has 1 aromatic rings. The molecule has 0 saturated carbocycles. The van der Waals surface area contributed by atoms with Crippen LogP contribution in [-0.4, -0.2) is 0 Å². The molecule has 0 aliphatic heterocycles. The van der Waals surface area contributed by atoms with Gasteiger partial charge >= 0.3 is 0 Å². The first kappa shape index (κ1) is 8.58. The second-order valence-corrected chi connectivity index (χ2v) is 5.02. The van der Waals surface area contributed by atoms with Gasteiger partial charge in [-0.05, 0) is 28.9 Å². The first-order chi connectivity index (χ1) is 7.93. The lowest BCUT2D eigenvalue weighted by Crippen LogP contribution is -2.12. The summed E-state index contributed by atoms with van der Waals surface area (Å²) in [7, 11) is 0. The summed E-state index contributed by atoms with van der Waals surface area (Å²) < 4.78 is 0. The van der Waals surface area contributed by atoms with Gasteiger partial charge in [0.15, 0.2) is 0 Å². The Kier molecular flexibility index (Phi) is 1.59. The molecule has 0 nitrogen and oxygen atoms in total. The summed E-state index contributed by atoms with van der Waals surface area (Å²) in [6.45, 7) is 0. The zero-order chi connectivity index (χ0) is 10.5. The number of hydrogen-bond donors (Lipinski definition) is 0. The fourth-order valence-electron chi connectivity index (χ4n) is 3.53. The molecular formula is C16H14. The van der Waals surface area contributed by atoms with Crippen LogP contribution in [0.25, 0.3) is 5.57 Å². The first-order valence-corrected chi connectivity index (χ1v) is 6.07. The summed E-state index contributed by atoms with van der Waals surface area (Å²) >= 11 is 0. The summed E-state index contributed by atoms with van der Waals surface area (Å²) in [6.07, 6.45) is 12.1. The quantitative estimate of drug-likeness (QED) is 0.615. The van der Waals surface area contributed by atoms with Crippen molar-refractivity contribution in [3.8, 4) is 0 Å². The molecule has 0 aromatic heterocycles. The molecule has 0 fully saturated rings. The van der Waals surface area contributed by atoms with E-state index in [1.807, 2.05) is 0 Å². The van der Waals surface area contributed by atoms with Crippen molar-refractivity contribution in [2.45, 2.75) is 0 Å². The summed E-state index contributed by atoms with van der Waals surface area (Å²) in [4.78, 5) is 0. The normalized spacial score (nSPS) is 37.9. The van der Waals surface area contributed by atoms with Gasteiger partial charge in [0.1, 0.15) is 0 Å². The lowest BCUT2D eigenvalue weighted by atomic mass is 9.85. The lowest BCUT2D eigenvalue weighted by molar-refractivity contribution is 0.423. The van der Waals surface area contributed by atoms with Crippen molar-refractivity contribution in [1.82, 2.24) is 0 Å². The van der Waals surface area contributed by atoms with Crippen LogP contribution in [0.1, 0.15) is 5.56 Å². The molecular weight excluding hydrogens is 192 g/mol. The average molecular weight is 206 g/mol. The van der Waals surface area contributed by atoms with E-state index in [2.05, 4.69) is 60.7 Å². The van der Waals surface area contributed by atoms with Crippen LogP contribution in [0.4, 0.5) is 0 Å². The van der Waals surface area contributed by atoms with E-state index in [0.29, 0.717) is 17.8 Å². The van der Waals surface area contributed by atoms with E-state index in [4.69, 9.17) is 0 Å². The monoisotopic (exact) mass is 206 g/mol. The number of allylic oxidation sites excluding steroid dienone is 6. The molecule has 4 atom stereocenters. The van der Waals surface area contributed by atoms with E-state index in [0.717, 1.165) is 5.92 Å². The molecule has 0 unspecified atom stereocenters. The van der Waals surface area contributed by atoms with Gasteiger partial charge in [-0.25, -0.2) is 0 Å². The van der Waals surface area contributed by atoms with Crippen molar-refractivity contribution in [1.29, 1.82) is 0 Å². The first-order valence-electron chi connectivity index (χ1n) is 6.07. The molecule has 0 heteroatoms. The Balaban J connectivity index is 1.82. The molecule has 1 aromatic carbocycles. The zero-order valence-electron chi connectivity index (χ0n) is 9.08. The third-order valence-corrected chi connectivity index (χ3v) is 4.24. The number of rotatable bonds is 1. The third-order valence-electron chi connectivity index (χ3n) is 4.24. The smallest absolute Gasteiger partial charge is 0.00667 e. The molecule has 0 saturated heterocycles. The Morgan fingerprint density at radius 3 is 2.38 bits per heavy atom. The van der Waals surface area contributed by atoms with Gasteiger partial charge in [0, 0.05) is 5.92 Å². The zero-order valence-corrected chi connectivity index (χ0v) is 9.08. The van der Waals surface area contributed by atoms with Crippen LogP contribution in [0, 0.1) is 23.7 Å². The Morgan fingerprint density at radius 2 is 1.50 bits per heavy atom. The Bertz CT molecular complexity index is 504. The fraction of sp³-hybridized carbons (Fsp3) is 0.250. The average Bonchev–Trinajstić information content (AvgIpc) is 2.99. The van der Waals surface area contributed by atoms with Crippen molar-refractivity contribution >= 4 is 5.57 Å². The van der Waals surface area contributed by atoms with Crippen molar-refractivity contribution in [3.63, 3.8) is 0 Å². The molecule has 0 heterocycles. The summed E-state index contributed by atoms with van der Waals surface area (Å²) in [6, 6.07) is 10.8. The van der Waals surface area contributed by atoms with E-state index < -0.39 is 0 Å². The Labute approximate surface area is 96.0 Å². The third kappa shape index (κ3) is 0.996. The molecule has 0 amide bonds. The van der Waals surface area contributed by atoms with Gasteiger partial charge in [-0.2, -0.15) is 0 Å². The maximum absolute atomic E-state index is 2.48. The van der Waals surface area contributed by atoms with Crippen LogP contribution < -0.4 is 0 Å². The fourth-order valence-corrected chi connectivity index (χ4v) is 3.53. The van der Waals surface area contributed by atoms with Crippen LogP contribution in [0.5, 0.6) is 0 Å². The second kappa shape index (κ2) is 2.98. The molecule has 3 aliphatic rings. The molecule has 4 rings (SSSR count). The second-order valence-electron chi connectivity index (χ2n) is 5.02. The SMILES string of the molecule is C1=C[C@@H]2C=C(c3ccccc3)[C@@H]3C=C[C@@H]1[C@H]23. The topological polar surface area (TPSA) is 0 Å². The van der Waals surface area contributed by atoms with Crippen LogP contribution in [0.3, 0.4) is 0 Å². The molecule has 16 heavy (non-hydrogen) atoms. The van der Waals surface area contributed by atoms with E-state index in [-0.39, 0.29) is 0 Å². The number of hydrogen-bond acceptors (Lipinski definition) is 0. The predicted octanol–water partition coefficient (Wildman–Crippen LogP) is 3.69. The van der Waals surface area contributed by atoms with Gasteiger partial charge < -0.3 is 0 Å². The minimum atomic E-state index is 0.660. The van der Waals surface area contributed by atoms with Crippen molar-refractivity contribution < 1.29 is 0 Å². The molecule has 0 bridgehead atoms. The molecule has 0 radical (unpaired) electrons. The highest BCUT2D eigenvalue weighted by molar-refractivity contribution is 5.73. The lowest BCUT2D eigenvalue weighted by Gasteiger charge is -2.17. The largest absolute Gasteiger partial charge is 0.0807 e. The standard InChI is InChI=1S/C16H14/c1-2-4-11(5-3-1)15-10-13-7-6-12-8-9-14(15)16(12)13/h1-10,12-14,16H/t12-,13-,14+,16-/m1/s1. The predicted molar refractivity (Wildman–Crippen MR) is 66.7 cm³/mol. The maximum Gasteiger partial charge on any atom is 0.00667 e. The highest BCUT2D eigenvalue weighted by Gasteiger charge is 2.44. The van der Waals surface area contributed by atoms with Gasteiger partial charge in [-0.3, -0.25) is 0 Å². The molecule has 0 spiro atoms. The van der Waals surface area contributed by atoms with E-state index in [9.17, 15) is 0 Å². The minimum absolute atomic E-state index is 0.660. The molecule has 0 N–H and O–H groups in total. The van der Waals surface area contributed by atoms with Gasteiger partial charge in [-0.15, -0.1) is 0 Å². The van der Waals surface area contributed by atoms with Crippen LogP contribution >= 0.6 is 0 Å². The summed E-state index contributed by atoms with van der Waals surface area (Å²) in [5.74, 6) is 2.84.